The standard InChI is InChI=1S/C24H32FNO4/c1-4-7-19(24(14-5-2)15-12-18(13-16-24)22(27)28)17-26(23(29)30-6-3)21-10-8-20(25)9-11-21/h8-13,15-16,18-19H,4-7,14,17H2,1-3H3,(H,27,28). The Morgan fingerprint density at radius 2 is 1.77 bits per heavy atom. The van der Waals surface area contributed by atoms with Crippen molar-refractivity contribution in [3.05, 3.63) is 54.4 Å². The van der Waals surface area contributed by atoms with E-state index >= 15 is 0 Å². The Hall–Kier alpha value is -2.63. The Morgan fingerprint density at radius 1 is 1.13 bits per heavy atom. The number of benzene rings is 1. The predicted octanol–water partition coefficient (Wildman–Crippen LogP) is 5.82. The highest BCUT2D eigenvalue weighted by molar-refractivity contribution is 5.87. The summed E-state index contributed by atoms with van der Waals surface area (Å²) in [6.45, 7) is 6.58. The molecule has 1 atom stereocenters. The lowest BCUT2D eigenvalue weighted by Gasteiger charge is -2.40. The van der Waals surface area contributed by atoms with E-state index in [0.717, 1.165) is 25.7 Å². The van der Waals surface area contributed by atoms with Gasteiger partial charge in [-0.25, -0.2) is 9.18 Å². The van der Waals surface area contributed by atoms with E-state index in [9.17, 15) is 19.1 Å². The van der Waals surface area contributed by atoms with Crippen molar-refractivity contribution < 1.29 is 23.8 Å². The molecule has 0 aromatic heterocycles. The van der Waals surface area contributed by atoms with Crippen LogP contribution in [-0.2, 0) is 9.53 Å². The average molecular weight is 418 g/mol. The molecule has 0 fully saturated rings. The SMILES string of the molecule is CCCC(CN(C(=O)OCC)c1ccc(F)cc1)C1(CCC)C=CC(C(=O)O)C=C1. The minimum atomic E-state index is -0.876. The number of hydrogen-bond donors (Lipinski definition) is 1. The summed E-state index contributed by atoms with van der Waals surface area (Å²) in [5.74, 6) is -1.82. The number of rotatable bonds is 10. The van der Waals surface area contributed by atoms with Crippen molar-refractivity contribution >= 4 is 17.7 Å². The number of ether oxygens (including phenoxy) is 1. The first-order valence-electron chi connectivity index (χ1n) is 10.7. The van der Waals surface area contributed by atoms with Crippen molar-refractivity contribution in [2.45, 2.75) is 46.5 Å². The van der Waals surface area contributed by atoms with Gasteiger partial charge in [0.05, 0.1) is 12.5 Å². The van der Waals surface area contributed by atoms with Gasteiger partial charge < -0.3 is 9.84 Å². The maximum atomic E-state index is 13.4. The number of nitrogens with zero attached hydrogens (tertiary/aromatic N) is 1. The van der Waals surface area contributed by atoms with Crippen LogP contribution in [0, 0.1) is 23.1 Å². The third-order valence-electron chi connectivity index (χ3n) is 5.62. The van der Waals surface area contributed by atoms with E-state index < -0.39 is 18.0 Å². The molecule has 0 radical (unpaired) electrons. The molecule has 0 saturated carbocycles. The second kappa shape index (κ2) is 11.0. The van der Waals surface area contributed by atoms with Crippen molar-refractivity contribution in [3.63, 3.8) is 0 Å². The molecule has 0 heterocycles. The molecule has 164 valence electrons. The lowest BCUT2D eigenvalue weighted by atomic mass is 9.67. The summed E-state index contributed by atoms with van der Waals surface area (Å²) in [6.07, 6.45) is 10.6. The van der Waals surface area contributed by atoms with E-state index in [-0.39, 0.29) is 23.8 Å². The van der Waals surface area contributed by atoms with Crippen LogP contribution >= 0.6 is 0 Å². The van der Waals surface area contributed by atoms with Crippen molar-refractivity contribution in [2.24, 2.45) is 17.3 Å². The van der Waals surface area contributed by atoms with Gasteiger partial charge in [0.25, 0.3) is 0 Å². The zero-order valence-electron chi connectivity index (χ0n) is 18.0. The number of carboxylic acid groups (broad SMARTS) is 1. The maximum absolute atomic E-state index is 13.4. The molecule has 1 aliphatic carbocycles. The predicted molar refractivity (Wildman–Crippen MR) is 116 cm³/mol. The second-order valence-corrected chi connectivity index (χ2v) is 7.72. The molecular weight excluding hydrogens is 385 g/mol. The summed E-state index contributed by atoms with van der Waals surface area (Å²) in [7, 11) is 0. The van der Waals surface area contributed by atoms with Crippen LogP contribution in [0.15, 0.2) is 48.6 Å². The van der Waals surface area contributed by atoms with Gasteiger partial charge >= 0.3 is 12.1 Å². The van der Waals surface area contributed by atoms with Crippen LogP contribution in [0.3, 0.4) is 0 Å². The lowest BCUT2D eigenvalue weighted by molar-refractivity contribution is -0.138. The zero-order valence-corrected chi connectivity index (χ0v) is 18.0. The largest absolute Gasteiger partial charge is 0.481 e. The molecule has 1 amide bonds. The minimum absolute atomic E-state index is 0.0548. The van der Waals surface area contributed by atoms with Crippen LogP contribution in [0.5, 0.6) is 0 Å². The van der Waals surface area contributed by atoms with E-state index in [1.165, 1.54) is 12.1 Å². The minimum Gasteiger partial charge on any atom is -0.481 e. The Balaban J connectivity index is 2.40. The fourth-order valence-corrected chi connectivity index (χ4v) is 4.13. The Labute approximate surface area is 178 Å². The highest BCUT2D eigenvalue weighted by Gasteiger charge is 2.38. The third kappa shape index (κ3) is 5.71. The Morgan fingerprint density at radius 3 is 2.27 bits per heavy atom. The summed E-state index contributed by atoms with van der Waals surface area (Å²) in [6, 6.07) is 5.82. The van der Waals surface area contributed by atoms with Gasteiger partial charge in [0.1, 0.15) is 5.82 Å². The fraction of sp³-hybridized carbons (Fsp3) is 0.500. The smallest absolute Gasteiger partial charge is 0.414 e. The topological polar surface area (TPSA) is 66.8 Å². The lowest BCUT2D eigenvalue weighted by Crippen LogP contribution is -2.42. The van der Waals surface area contributed by atoms with Gasteiger partial charge in [-0.1, -0.05) is 51.0 Å². The van der Waals surface area contributed by atoms with Crippen LogP contribution in [0.25, 0.3) is 0 Å². The van der Waals surface area contributed by atoms with Gasteiger partial charge in [0.2, 0.25) is 0 Å². The fourth-order valence-electron chi connectivity index (χ4n) is 4.13. The van der Waals surface area contributed by atoms with Crippen molar-refractivity contribution in [3.8, 4) is 0 Å². The van der Waals surface area contributed by atoms with Crippen molar-refractivity contribution in [1.82, 2.24) is 0 Å². The number of anilines is 1. The summed E-state index contributed by atoms with van der Waals surface area (Å²) in [5, 5.41) is 9.33. The van der Waals surface area contributed by atoms with E-state index in [2.05, 4.69) is 13.8 Å². The first-order chi connectivity index (χ1) is 14.4. The van der Waals surface area contributed by atoms with E-state index in [0.29, 0.717) is 12.2 Å². The Bertz CT molecular complexity index is 758. The molecule has 1 aromatic rings. The molecule has 1 unspecified atom stereocenters. The van der Waals surface area contributed by atoms with Crippen LogP contribution < -0.4 is 4.90 Å². The highest BCUT2D eigenvalue weighted by atomic mass is 19.1. The molecular formula is C24H32FNO4. The monoisotopic (exact) mass is 417 g/mol. The number of carboxylic acids is 1. The molecule has 0 bridgehead atoms. The number of allylic oxidation sites excluding steroid dienone is 2. The van der Waals surface area contributed by atoms with Gasteiger partial charge in [-0.2, -0.15) is 0 Å². The maximum Gasteiger partial charge on any atom is 0.414 e. The third-order valence-corrected chi connectivity index (χ3v) is 5.62. The number of hydrogen-bond acceptors (Lipinski definition) is 3. The van der Waals surface area contributed by atoms with E-state index in [4.69, 9.17) is 4.74 Å². The van der Waals surface area contributed by atoms with Gasteiger partial charge in [0.15, 0.2) is 0 Å². The molecule has 1 aromatic carbocycles. The number of aliphatic carboxylic acids is 1. The van der Waals surface area contributed by atoms with Crippen molar-refractivity contribution in [2.75, 3.05) is 18.1 Å². The van der Waals surface area contributed by atoms with Gasteiger partial charge in [-0.15, -0.1) is 0 Å². The summed E-state index contributed by atoms with van der Waals surface area (Å²) < 4.78 is 18.7. The Kier molecular flexibility index (Phi) is 8.63. The van der Waals surface area contributed by atoms with Crippen LogP contribution in [-0.4, -0.2) is 30.3 Å². The van der Waals surface area contributed by atoms with Gasteiger partial charge in [-0.05, 0) is 49.9 Å². The molecule has 2 rings (SSSR count). The molecule has 5 nitrogen and oxygen atoms in total. The normalized spacial score (nSPS) is 21.3. The number of halogens is 1. The van der Waals surface area contributed by atoms with Gasteiger partial charge in [0, 0.05) is 17.6 Å². The summed E-state index contributed by atoms with van der Waals surface area (Å²) in [5.41, 5.74) is 0.233. The number of carbonyl (C=O) groups excluding carboxylic acids is 1. The first-order valence-corrected chi connectivity index (χ1v) is 10.7. The molecule has 6 heteroatoms. The van der Waals surface area contributed by atoms with Crippen molar-refractivity contribution in [1.29, 1.82) is 0 Å². The molecule has 0 saturated heterocycles. The molecule has 1 aliphatic rings. The van der Waals surface area contributed by atoms with Gasteiger partial charge in [-0.3, -0.25) is 9.69 Å². The summed E-state index contributed by atoms with van der Waals surface area (Å²) >= 11 is 0. The molecule has 30 heavy (non-hydrogen) atoms. The molecule has 0 spiro atoms. The number of carbonyl (C=O) groups is 2. The zero-order chi connectivity index (χ0) is 22.1. The first kappa shape index (κ1) is 23.6. The van der Waals surface area contributed by atoms with E-state index in [1.54, 1.807) is 36.1 Å². The quantitative estimate of drug-likeness (QED) is 0.487. The summed E-state index contributed by atoms with van der Waals surface area (Å²) in [4.78, 5) is 25.7. The number of amides is 1. The second-order valence-electron chi connectivity index (χ2n) is 7.72. The molecule has 0 aliphatic heterocycles. The van der Waals surface area contributed by atoms with Crippen LogP contribution in [0.1, 0.15) is 46.5 Å². The van der Waals surface area contributed by atoms with Crippen LogP contribution in [0.2, 0.25) is 0 Å². The molecule has 1 N–H and O–H groups in total. The average Bonchev–Trinajstić information content (AvgIpc) is 2.72. The van der Waals surface area contributed by atoms with E-state index in [1.807, 2.05) is 12.2 Å². The highest BCUT2D eigenvalue weighted by Crippen LogP contribution is 2.43. The van der Waals surface area contributed by atoms with Crippen LogP contribution in [0.4, 0.5) is 14.9 Å².